The van der Waals surface area contributed by atoms with Crippen LogP contribution in [0.15, 0.2) is 64.0 Å². The van der Waals surface area contributed by atoms with E-state index in [0.29, 0.717) is 23.7 Å². The van der Waals surface area contributed by atoms with Crippen LogP contribution in [0.25, 0.3) is 22.5 Å². The van der Waals surface area contributed by atoms with E-state index < -0.39 is 5.97 Å². The van der Waals surface area contributed by atoms with Crippen LogP contribution in [0.3, 0.4) is 0 Å². The molecule has 4 aromatic rings. The SMILES string of the molecule is CCn1c(=O)n(CCC(=O)OCc2coc(-c3ccc(F)cc3)n2)c2ccccc21. The van der Waals surface area contributed by atoms with Crippen LogP contribution in [0.1, 0.15) is 19.0 Å². The predicted molar refractivity (Wildman–Crippen MR) is 108 cm³/mol. The van der Waals surface area contributed by atoms with Gasteiger partial charge in [0.25, 0.3) is 0 Å². The molecule has 4 rings (SSSR count). The number of para-hydroxylation sites is 2. The molecule has 0 unspecified atom stereocenters. The summed E-state index contributed by atoms with van der Waals surface area (Å²) in [5.41, 5.74) is 2.56. The molecule has 154 valence electrons. The smallest absolute Gasteiger partial charge is 0.329 e. The Hall–Kier alpha value is -3.68. The van der Waals surface area contributed by atoms with Crippen LogP contribution >= 0.6 is 0 Å². The van der Waals surface area contributed by atoms with Gasteiger partial charge in [-0.1, -0.05) is 12.1 Å². The van der Waals surface area contributed by atoms with Crippen molar-refractivity contribution >= 4 is 17.0 Å². The van der Waals surface area contributed by atoms with Crippen LogP contribution in [0, 0.1) is 5.82 Å². The minimum absolute atomic E-state index is 0.0465. The summed E-state index contributed by atoms with van der Waals surface area (Å²) in [7, 11) is 0. The number of carbonyl (C=O) groups excluding carboxylic acids is 1. The number of benzene rings is 2. The van der Waals surface area contributed by atoms with Crippen LogP contribution in [-0.4, -0.2) is 20.1 Å². The number of aromatic nitrogens is 3. The fraction of sp³-hybridized carbons (Fsp3) is 0.227. The highest BCUT2D eigenvalue weighted by Gasteiger charge is 2.14. The number of hydrogen-bond donors (Lipinski definition) is 0. The number of halogens is 1. The van der Waals surface area contributed by atoms with Crippen molar-refractivity contribution in [3.05, 3.63) is 76.8 Å². The van der Waals surface area contributed by atoms with Gasteiger partial charge >= 0.3 is 11.7 Å². The van der Waals surface area contributed by atoms with Gasteiger partial charge in [-0.15, -0.1) is 0 Å². The summed E-state index contributed by atoms with van der Waals surface area (Å²) in [4.78, 5) is 29.0. The molecule has 0 saturated heterocycles. The van der Waals surface area contributed by atoms with Crippen LogP contribution in [0.2, 0.25) is 0 Å². The molecule has 0 amide bonds. The minimum atomic E-state index is -0.443. The monoisotopic (exact) mass is 409 g/mol. The van der Waals surface area contributed by atoms with E-state index in [0.717, 1.165) is 11.0 Å². The number of aryl methyl sites for hydroxylation is 2. The lowest BCUT2D eigenvalue weighted by Crippen LogP contribution is -2.25. The second-order valence-corrected chi connectivity index (χ2v) is 6.73. The van der Waals surface area contributed by atoms with E-state index in [1.54, 1.807) is 21.3 Å². The lowest BCUT2D eigenvalue weighted by molar-refractivity contribution is -0.145. The van der Waals surface area contributed by atoms with Crippen LogP contribution in [0.4, 0.5) is 4.39 Å². The first-order valence-electron chi connectivity index (χ1n) is 9.61. The highest BCUT2D eigenvalue weighted by atomic mass is 19.1. The number of hydrogen-bond acceptors (Lipinski definition) is 5. The standard InChI is InChI=1S/C22H20FN3O4/c1-2-25-18-5-3-4-6-19(18)26(22(25)28)12-11-20(27)29-13-17-14-30-21(24-17)15-7-9-16(23)10-8-15/h3-10,14H,2,11-13H2,1H3. The van der Waals surface area contributed by atoms with E-state index in [-0.39, 0.29) is 31.1 Å². The molecule has 0 atom stereocenters. The van der Waals surface area contributed by atoms with Crippen molar-refractivity contribution in [2.45, 2.75) is 33.0 Å². The maximum Gasteiger partial charge on any atom is 0.329 e. The number of oxazole rings is 1. The highest BCUT2D eigenvalue weighted by molar-refractivity contribution is 5.76. The summed E-state index contributed by atoms with van der Waals surface area (Å²) >= 11 is 0. The molecular weight excluding hydrogens is 389 g/mol. The molecule has 30 heavy (non-hydrogen) atoms. The van der Waals surface area contributed by atoms with Crippen LogP contribution in [0.5, 0.6) is 0 Å². The van der Waals surface area contributed by atoms with Crippen molar-refractivity contribution in [2.75, 3.05) is 0 Å². The van der Waals surface area contributed by atoms with Gasteiger partial charge < -0.3 is 9.15 Å². The maximum atomic E-state index is 13.0. The zero-order valence-corrected chi connectivity index (χ0v) is 16.4. The van der Waals surface area contributed by atoms with E-state index in [2.05, 4.69) is 4.98 Å². The third-order valence-corrected chi connectivity index (χ3v) is 4.80. The van der Waals surface area contributed by atoms with Crippen LogP contribution in [-0.2, 0) is 29.2 Å². The Morgan fingerprint density at radius 1 is 1.10 bits per heavy atom. The van der Waals surface area contributed by atoms with Gasteiger partial charge in [0.05, 0.1) is 17.5 Å². The molecule has 0 saturated carbocycles. The average Bonchev–Trinajstić information content (AvgIpc) is 3.33. The fourth-order valence-electron chi connectivity index (χ4n) is 3.32. The fourth-order valence-corrected chi connectivity index (χ4v) is 3.32. The third kappa shape index (κ3) is 3.89. The van der Waals surface area contributed by atoms with Crippen molar-refractivity contribution in [1.29, 1.82) is 0 Å². The largest absolute Gasteiger partial charge is 0.459 e. The van der Waals surface area contributed by atoms with Gasteiger partial charge in [0.1, 0.15) is 24.4 Å². The molecule has 2 aromatic carbocycles. The number of esters is 1. The van der Waals surface area contributed by atoms with Gasteiger partial charge in [0, 0.05) is 18.7 Å². The van der Waals surface area contributed by atoms with Crippen LogP contribution < -0.4 is 5.69 Å². The van der Waals surface area contributed by atoms with E-state index in [4.69, 9.17) is 9.15 Å². The van der Waals surface area contributed by atoms with Gasteiger partial charge in [0.15, 0.2) is 0 Å². The molecule has 0 radical (unpaired) electrons. The summed E-state index contributed by atoms with van der Waals surface area (Å²) in [6.45, 7) is 2.64. The van der Waals surface area contributed by atoms with E-state index in [1.807, 2.05) is 31.2 Å². The number of rotatable bonds is 7. The zero-order valence-electron chi connectivity index (χ0n) is 16.4. The first kappa shape index (κ1) is 19.6. The molecule has 0 aliphatic heterocycles. The minimum Gasteiger partial charge on any atom is -0.459 e. The molecule has 0 aliphatic rings. The van der Waals surface area contributed by atoms with E-state index >= 15 is 0 Å². The summed E-state index contributed by atoms with van der Waals surface area (Å²) in [5, 5.41) is 0. The number of ether oxygens (including phenoxy) is 1. The Kier molecular flexibility index (Phi) is 5.47. The van der Waals surface area contributed by atoms with Crippen molar-refractivity contribution in [1.82, 2.24) is 14.1 Å². The number of carbonyl (C=O) groups is 1. The van der Waals surface area contributed by atoms with Gasteiger partial charge in [-0.25, -0.2) is 14.2 Å². The molecule has 2 heterocycles. The van der Waals surface area contributed by atoms with Gasteiger partial charge in [-0.05, 0) is 43.3 Å². The summed E-state index contributed by atoms with van der Waals surface area (Å²) in [5.74, 6) is -0.470. The zero-order chi connectivity index (χ0) is 21.1. The molecule has 0 fully saturated rings. The first-order chi connectivity index (χ1) is 14.6. The van der Waals surface area contributed by atoms with E-state index in [1.165, 1.54) is 18.4 Å². The van der Waals surface area contributed by atoms with Gasteiger partial charge in [-0.3, -0.25) is 13.9 Å². The average molecular weight is 409 g/mol. The lowest BCUT2D eigenvalue weighted by atomic mass is 10.2. The molecule has 0 N–H and O–H groups in total. The Bertz CT molecular complexity index is 1240. The Labute approximate surface area is 171 Å². The number of nitrogens with zero attached hydrogens (tertiary/aromatic N) is 3. The van der Waals surface area contributed by atoms with Crippen molar-refractivity contribution in [3.8, 4) is 11.5 Å². The Morgan fingerprint density at radius 2 is 1.80 bits per heavy atom. The maximum absolute atomic E-state index is 13.0. The van der Waals surface area contributed by atoms with Crippen molar-refractivity contribution in [3.63, 3.8) is 0 Å². The normalized spacial score (nSPS) is 11.1. The highest BCUT2D eigenvalue weighted by Crippen LogP contribution is 2.19. The van der Waals surface area contributed by atoms with Gasteiger partial charge in [-0.2, -0.15) is 0 Å². The predicted octanol–water partition coefficient (Wildman–Crippen LogP) is 3.75. The third-order valence-electron chi connectivity index (χ3n) is 4.80. The summed E-state index contributed by atoms with van der Waals surface area (Å²) in [6.07, 6.45) is 1.45. The molecule has 7 nitrogen and oxygen atoms in total. The lowest BCUT2D eigenvalue weighted by Gasteiger charge is -2.04. The molecular formula is C22H20FN3O4. The number of imidazole rings is 1. The van der Waals surface area contributed by atoms with Crippen molar-refractivity contribution in [2.24, 2.45) is 0 Å². The second-order valence-electron chi connectivity index (χ2n) is 6.73. The summed E-state index contributed by atoms with van der Waals surface area (Å²) < 4.78 is 26.9. The van der Waals surface area contributed by atoms with Crippen molar-refractivity contribution < 1.29 is 18.3 Å². The van der Waals surface area contributed by atoms with E-state index in [9.17, 15) is 14.0 Å². The molecule has 0 spiro atoms. The Balaban J connectivity index is 1.37. The first-order valence-corrected chi connectivity index (χ1v) is 9.61. The number of fused-ring (bicyclic) bond motifs is 1. The molecule has 0 bridgehead atoms. The topological polar surface area (TPSA) is 79.3 Å². The quantitative estimate of drug-likeness (QED) is 0.435. The Morgan fingerprint density at radius 3 is 2.50 bits per heavy atom. The van der Waals surface area contributed by atoms with Gasteiger partial charge in [0.2, 0.25) is 5.89 Å². The molecule has 0 aliphatic carbocycles. The molecule has 8 heteroatoms. The molecule has 2 aromatic heterocycles. The summed E-state index contributed by atoms with van der Waals surface area (Å²) in [6, 6.07) is 13.2. The second kappa shape index (κ2) is 8.36.